The van der Waals surface area contributed by atoms with E-state index >= 15 is 0 Å². The molecule has 0 fully saturated rings. The number of hydrogen-bond donors (Lipinski definition) is 1. The number of aromatic nitrogens is 1. The molecule has 5 nitrogen and oxygen atoms in total. The van der Waals surface area contributed by atoms with Gasteiger partial charge in [-0.3, -0.25) is 0 Å². The third kappa shape index (κ3) is 4.05. The fraction of sp³-hybridized carbons (Fsp3) is 0.444. The maximum Gasteiger partial charge on any atom is 0.242 e. The first kappa shape index (κ1) is 13.4. The van der Waals surface area contributed by atoms with Gasteiger partial charge in [-0.15, -0.1) is 0 Å². The Morgan fingerprint density at radius 3 is 2.81 bits per heavy atom. The van der Waals surface area contributed by atoms with E-state index in [0.29, 0.717) is 13.2 Å². The largest absolute Gasteiger partial charge is 0.380 e. The van der Waals surface area contributed by atoms with E-state index in [1.807, 2.05) is 6.92 Å². The van der Waals surface area contributed by atoms with Crippen molar-refractivity contribution < 1.29 is 13.2 Å². The van der Waals surface area contributed by atoms with E-state index in [-0.39, 0.29) is 16.6 Å². The van der Waals surface area contributed by atoms with Crippen molar-refractivity contribution in [1.82, 2.24) is 9.71 Å². The Kier molecular flexibility index (Phi) is 5.14. The van der Waals surface area contributed by atoms with Gasteiger partial charge in [0.05, 0.1) is 6.61 Å². The number of hydrogen-bond acceptors (Lipinski definition) is 4. The average molecular weight is 265 g/mol. The fourth-order valence-electron chi connectivity index (χ4n) is 0.997. The lowest BCUT2D eigenvalue weighted by Crippen LogP contribution is -2.27. The summed E-state index contributed by atoms with van der Waals surface area (Å²) < 4.78 is 30.7. The summed E-state index contributed by atoms with van der Waals surface area (Å²) in [5.74, 6) is 0. The van der Waals surface area contributed by atoms with E-state index in [4.69, 9.17) is 16.3 Å². The van der Waals surface area contributed by atoms with Crippen LogP contribution in [0, 0.1) is 0 Å². The minimum Gasteiger partial charge on any atom is -0.380 e. The fourth-order valence-corrected chi connectivity index (χ4v) is 2.07. The summed E-state index contributed by atoms with van der Waals surface area (Å²) in [6, 6.07) is 2.83. The molecule has 0 atom stereocenters. The third-order valence-corrected chi connectivity index (χ3v) is 3.42. The van der Waals surface area contributed by atoms with E-state index in [2.05, 4.69) is 9.71 Å². The van der Waals surface area contributed by atoms with Crippen molar-refractivity contribution in [2.75, 3.05) is 19.8 Å². The Balaban J connectivity index is 2.60. The molecule has 0 spiro atoms. The lowest BCUT2D eigenvalue weighted by atomic mass is 10.5. The summed E-state index contributed by atoms with van der Waals surface area (Å²) in [5.41, 5.74) is 0. The Morgan fingerprint density at radius 1 is 1.50 bits per heavy atom. The van der Waals surface area contributed by atoms with Gasteiger partial charge in [-0.25, -0.2) is 18.1 Å². The second-order valence-electron chi connectivity index (χ2n) is 2.91. The first-order chi connectivity index (χ1) is 7.56. The molecular formula is C9H13ClN2O3S. The molecule has 0 aliphatic heterocycles. The van der Waals surface area contributed by atoms with E-state index in [0.717, 1.165) is 0 Å². The van der Waals surface area contributed by atoms with Crippen molar-refractivity contribution in [2.24, 2.45) is 0 Å². The first-order valence-corrected chi connectivity index (χ1v) is 6.61. The van der Waals surface area contributed by atoms with Gasteiger partial charge in [0.1, 0.15) is 10.0 Å². The van der Waals surface area contributed by atoms with Crippen molar-refractivity contribution in [2.45, 2.75) is 11.8 Å². The second kappa shape index (κ2) is 6.15. The predicted octanol–water partition coefficient (Wildman–Crippen LogP) is 1.05. The van der Waals surface area contributed by atoms with Crippen LogP contribution in [0.1, 0.15) is 6.92 Å². The molecule has 0 aromatic carbocycles. The summed E-state index contributed by atoms with van der Waals surface area (Å²) in [4.78, 5) is 3.80. The quantitative estimate of drug-likeness (QED) is 0.616. The molecule has 16 heavy (non-hydrogen) atoms. The molecule has 0 aliphatic carbocycles. The molecule has 1 heterocycles. The lowest BCUT2D eigenvalue weighted by molar-refractivity contribution is 0.153. The molecule has 0 saturated carbocycles. The summed E-state index contributed by atoms with van der Waals surface area (Å²) in [6.07, 6.45) is 1.21. The van der Waals surface area contributed by atoms with E-state index < -0.39 is 10.0 Å². The number of nitrogens with one attached hydrogen (secondary N) is 1. The number of halogens is 1. The van der Waals surface area contributed by atoms with Gasteiger partial charge in [0.25, 0.3) is 0 Å². The third-order valence-electron chi connectivity index (χ3n) is 1.75. The number of rotatable bonds is 6. The van der Waals surface area contributed by atoms with Gasteiger partial charge in [-0.05, 0) is 19.1 Å². The predicted molar refractivity (Wildman–Crippen MR) is 60.9 cm³/mol. The second-order valence-corrected chi connectivity index (χ2v) is 5.07. The van der Waals surface area contributed by atoms with Crippen LogP contribution in [-0.2, 0) is 14.8 Å². The number of sulfonamides is 1. The van der Waals surface area contributed by atoms with Crippen LogP contribution in [0.3, 0.4) is 0 Å². The van der Waals surface area contributed by atoms with Crippen LogP contribution in [0.25, 0.3) is 0 Å². The normalized spacial score (nSPS) is 11.6. The van der Waals surface area contributed by atoms with Gasteiger partial charge < -0.3 is 4.74 Å². The van der Waals surface area contributed by atoms with Crippen LogP contribution in [0.15, 0.2) is 23.2 Å². The molecule has 7 heteroatoms. The van der Waals surface area contributed by atoms with Crippen molar-refractivity contribution in [3.8, 4) is 0 Å². The summed E-state index contributed by atoms with van der Waals surface area (Å²) in [7, 11) is -3.51. The van der Waals surface area contributed by atoms with Crippen LogP contribution in [-0.4, -0.2) is 33.2 Å². The van der Waals surface area contributed by atoms with Gasteiger partial charge in [0.15, 0.2) is 0 Å². The zero-order valence-corrected chi connectivity index (χ0v) is 10.4. The number of pyridine rings is 1. The number of nitrogens with zero attached hydrogens (tertiary/aromatic N) is 1. The first-order valence-electron chi connectivity index (χ1n) is 4.75. The molecule has 0 radical (unpaired) electrons. The molecule has 1 aromatic heterocycles. The molecule has 0 amide bonds. The van der Waals surface area contributed by atoms with Crippen LogP contribution in [0.2, 0.25) is 5.15 Å². The molecule has 0 saturated heterocycles. The van der Waals surface area contributed by atoms with Gasteiger partial charge in [0, 0.05) is 19.3 Å². The molecule has 1 aromatic rings. The summed E-state index contributed by atoms with van der Waals surface area (Å²) in [6.45, 7) is 2.98. The van der Waals surface area contributed by atoms with Crippen LogP contribution in [0.4, 0.5) is 0 Å². The van der Waals surface area contributed by atoms with E-state index in [1.165, 1.54) is 18.3 Å². The van der Waals surface area contributed by atoms with Crippen molar-refractivity contribution >= 4 is 21.6 Å². The molecule has 90 valence electrons. The summed E-state index contributed by atoms with van der Waals surface area (Å²) >= 11 is 5.56. The highest BCUT2D eigenvalue weighted by atomic mass is 35.5. The van der Waals surface area contributed by atoms with Gasteiger partial charge in [0.2, 0.25) is 10.0 Å². The minimum atomic E-state index is -3.51. The minimum absolute atomic E-state index is 0.0911. The maximum atomic E-state index is 11.7. The number of ether oxygens (including phenoxy) is 1. The SMILES string of the molecule is CCOCCNS(=O)(=O)c1ccc(Cl)nc1. The Morgan fingerprint density at radius 2 is 2.25 bits per heavy atom. The van der Waals surface area contributed by atoms with E-state index in [9.17, 15) is 8.42 Å². The Hall–Kier alpha value is -0.690. The smallest absolute Gasteiger partial charge is 0.242 e. The van der Waals surface area contributed by atoms with Gasteiger partial charge >= 0.3 is 0 Å². The highest BCUT2D eigenvalue weighted by molar-refractivity contribution is 7.89. The zero-order valence-electron chi connectivity index (χ0n) is 8.81. The monoisotopic (exact) mass is 264 g/mol. The maximum absolute atomic E-state index is 11.7. The standard InChI is InChI=1S/C9H13ClN2O3S/c1-2-15-6-5-12-16(13,14)8-3-4-9(10)11-7-8/h3-4,7,12H,2,5-6H2,1H3. The van der Waals surface area contributed by atoms with E-state index in [1.54, 1.807) is 0 Å². The van der Waals surface area contributed by atoms with Gasteiger partial charge in [-0.2, -0.15) is 0 Å². The van der Waals surface area contributed by atoms with Crippen molar-refractivity contribution in [1.29, 1.82) is 0 Å². The van der Waals surface area contributed by atoms with Gasteiger partial charge in [-0.1, -0.05) is 11.6 Å². The molecule has 0 unspecified atom stereocenters. The molecular weight excluding hydrogens is 252 g/mol. The highest BCUT2D eigenvalue weighted by Crippen LogP contribution is 2.10. The van der Waals surface area contributed by atoms with Crippen molar-refractivity contribution in [3.63, 3.8) is 0 Å². The zero-order chi connectivity index (χ0) is 12.0. The summed E-state index contributed by atoms with van der Waals surface area (Å²) in [5, 5.41) is 0.258. The van der Waals surface area contributed by atoms with Crippen LogP contribution >= 0.6 is 11.6 Å². The molecule has 1 rings (SSSR count). The molecule has 0 bridgehead atoms. The Labute approximate surface area is 99.8 Å². The molecule has 1 N–H and O–H groups in total. The topological polar surface area (TPSA) is 68.3 Å². The van der Waals surface area contributed by atoms with Crippen LogP contribution in [0.5, 0.6) is 0 Å². The molecule has 0 aliphatic rings. The lowest BCUT2D eigenvalue weighted by Gasteiger charge is -2.06. The average Bonchev–Trinajstić information content (AvgIpc) is 2.25. The van der Waals surface area contributed by atoms with Crippen molar-refractivity contribution in [3.05, 3.63) is 23.5 Å². The van der Waals surface area contributed by atoms with Crippen LogP contribution < -0.4 is 4.72 Å². The highest BCUT2D eigenvalue weighted by Gasteiger charge is 2.13. The Bertz CT molecular complexity index is 419.